The lowest BCUT2D eigenvalue weighted by atomic mass is 10.0. The van der Waals surface area contributed by atoms with Gasteiger partial charge in [0, 0.05) is 24.3 Å². The molecule has 2 aromatic rings. The molecule has 1 saturated carbocycles. The van der Waals surface area contributed by atoms with Gasteiger partial charge in [-0.05, 0) is 49.4 Å². The van der Waals surface area contributed by atoms with Crippen molar-refractivity contribution in [3.8, 4) is 0 Å². The highest BCUT2D eigenvalue weighted by molar-refractivity contribution is 6.05. The minimum absolute atomic E-state index is 0.0626. The summed E-state index contributed by atoms with van der Waals surface area (Å²) < 4.78 is 0. The van der Waals surface area contributed by atoms with E-state index in [0.717, 1.165) is 29.7 Å². The number of carbonyl (C=O) groups is 4. The highest BCUT2D eigenvalue weighted by Gasteiger charge is 2.47. The van der Waals surface area contributed by atoms with Gasteiger partial charge in [0.15, 0.2) is 0 Å². The second-order valence-electron chi connectivity index (χ2n) is 8.72. The van der Waals surface area contributed by atoms with Crippen LogP contribution in [0.2, 0.25) is 0 Å². The second-order valence-corrected chi connectivity index (χ2v) is 8.72. The fourth-order valence-electron chi connectivity index (χ4n) is 4.22. The smallest absolute Gasteiger partial charge is 0.255 e. The van der Waals surface area contributed by atoms with Crippen LogP contribution in [0.3, 0.4) is 0 Å². The van der Waals surface area contributed by atoms with Crippen LogP contribution in [0.1, 0.15) is 45.9 Å². The quantitative estimate of drug-likeness (QED) is 0.678. The van der Waals surface area contributed by atoms with Crippen molar-refractivity contribution < 1.29 is 19.2 Å². The van der Waals surface area contributed by atoms with E-state index < -0.39 is 11.9 Å². The number of hydrogen-bond donors (Lipinski definition) is 2. The highest BCUT2D eigenvalue weighted by Crippen LogP contribution is 2.41. The van der Waals surface area contributed by atoms with Crippen LogP contribution < -0.4 is 10.6 Å². The third-order valence-electron chi connectivity index (χ3n) is 6.15. The maximum absolute atomic E-state index is 13.0. The summed E-state index contributed by atoms with van der Waals surface area (Å²) >= 11 is 0. The van der Waals surface area contributed by atoms with E-state index in [1.165, 1.54) is 11.9 Å². The summed E-state index contributed by atoms with van der Waals surface area (Å²) in [6.07, 6.45) is 1.75. The number of rotatable bonds is 7. The van der Waals surface area contributed by atoms with Crippen LogP contribution >= 0.6 is 0 Å². The van der Waals surface area contributed by atoms with E-state index in [1.807, 2.05) is 32.0 Å². The maximum Gasteiger partial charge on any atom is 0.255 e. The Morgan fingerprint density at radius 3 is 2.36 bits per heavy atom. The first kappa shape index (κ1) is 22.5. The fourth-order valence-corrected chi connectivity index (χ4v) is 4.22. The molecular weight excluding hydrogens is 420 g/mol. The van der Waals surface area contributed by atoms with Crippen molar-refractivity contribution in [3.05, 3.63) is 64.7 Å². The summed E-state index contributed by atoms with van der Waals surface area (Å²) in [7, 11) is 1.52. The van der Waals surface area contributed by atoms with Crippen molar-refractivity contribution in [2.45, 2.75) is 38.8 Å². The largest absolute Gasteiger partial charge is 0.345 e. The van der Waals surface area contributed by atoms with Gasteiger partial charge in [-0.15, -0.1) is 0 Å². The second kappa shape index (κ2) is 9.05. The molecule has 1 fully saturated rings. The number of fused-ring (bicyclic) bond motifs is 1. The summed E-state index contributed by atoms with van der Waals surface area (Å²) in [5.74, 6) is -1.23. The molecule has 8 heteroatoms. The van der Waals surface area contributed by atoms with E-state index in [1.54, 1.807) is 29.2 Å². The number of likely N-dealkylation sites (N-methyl/N-ethyl adjacent to an activating group) is 1. The molecular formula is C25H28N4O4. The fraction of sp³-hybridized carbons (Fsp3) is 0.360. The van der Waals surface area contributed by atoms with Gasteiger partial charge in [-0.2, -0.15) is 0 Å². The van der Waals surface area contributed by atoms with E-state index in [9.17, 15) is 19.2 Å². The Kier molecular flexibility index (Phi) is 6.18. The molecule has 172 valence electrons. The van der Waals surface area contributed by atoms with Crippen molar-refractivity contribution in [2.24, 2.45) is 0 Å². The number of anilines is 1. The summed E-state index contributed by atoms with van der Waals surface area (Å²) in [5, 5.41) is 5.52. The number of hydrogen-bond acceptors (Lipinski definition) is 4. The summed E-state index contributed by atoms with van der Waals surface area (Å²) in [6, 6.07) is 12.2. The third kappa shape index (κ3) is 4.60. The van der Waals surface area contributed by atoms with E-state index in [4.69, 9.17) is 0 Å². The molecule has 0 aromatic heterocycles. The number of nitrogens with one attached hydrogen (secondary N) is 2. The van der Waals surface area contributed by atoms with Crippen LogP contribution in [0.4, 0.5) is 5.69 Å². The van der Waals surface area contributed by atoms with Gasteiger partial charge in [0.1, 0.15) is 6.04 Å². The number of para-hydroxylation sites is 1. The standard InChI is InChI=1S/C25H28N4O4/c1-15-7-6-8-16(2)22(15)27-20(30)14-28(3)21(31)13-26-24(32)23-18-9-4-5-10-19(18)25(33)29(23)17-11-12-17/h4-10,17,23H,11-14H2,1-3H3,(H,26,32)(H,27,30). The van der Waals surface area contributed by atoms with E-state index in [-0.39, 0.29) is 36.9 Å². The third-order valence-corrected chi connectivity index (χ3v) is 6.15. The highest BCUT2D eigenvalue weighted by atomic mass is 16.2. The zero-order valence-electron chi connectivity index (χ0n) is 19.1. The van der Waals surface area contributed by atoms with Crippen molar-refractivity contribution in [2.75, 3.05) is 25.5 Å². The average Bonchev–Trinajstić information content (AvgIpc) is 3.58. The van der Waals surface area contributed by atoms with Gasteiger partial charge < -0.3 is 20.4 Å². The first-order chi connectivity index (χ1) is 15.8. The molecule has 1 atom stereocenters. The summed E-state index contributed by atoms with van der Waals surface area (Å²) in [5.41, 5.74) is 3.82. The van der Waals surface area contributed by atoms with Gasteiger partial charge in [-0.25, -0.2) is 0 Å². The minimum Gasteiger partial charge on any atom is -0.345 e. The summed E-state index contributed by atoms with van der Waals surface area (Å²) in [4.78, 5) is 53.7. The molecule has 0 radical (unpaired) electrons. The Balaban J connectivity index is 1.35. The molecule has 1 aliphatic heterocycles. The van der Waals surface area contributed by atoms with Gasteiger partial charge in [-0.1, -0.05) is 36.4 Å². The number of carbonyl (C=O) groups excluding carboxylic acids is 4. The van der Waals surface area contributed by atoms with Crippen LogP contribution in [0.5, 0.6) is 0 Å². The number of amides is 4. The molecule has 8 nitrogen and oxygen atoms in total. The van der Waals surface area contributed by atoms with E-state index in [0.29, 0.717) is 11.1 Å². The summed E-state index contributed by atoms with van der Waals surface area (Å²) in [6.45, 7) is 3.42. The zero-order chi connectivity index (χ0) is 23.7. The first-order valence-corrected chi connectivity index (χ1v) is 11.1. The SMILES string of the molecule is Cc1cccc(C)c1NC(=O)CN(C)C(=O)CNC(=O)C1c2ccccc2C(=O)N1C1CC1. The van der Waals surface area contributed by atoms with Crippen LogP contribution in [0, 0.1) is 13.8 Å². The normalized spacial score (nSPS) is 16.9. The number of benzene rings is 2. The maximum atomic E-state index is 13.0. The van der Waals surface area contributed by atoms with Crippen molar-refractivity contribution >= 4 is 29.3 Å². The van der Waals surface area contributed by atoms with Gasteiger partial charge >= 0.3 is 0 Å². The molecule has 1 heterocycles. The molecule has 0 bridgehead atoms. The predicted molar refractivity (Wildman–Crippen MR) is 124 cm³/mol. The van der Waals surface area contributed by atoms with Crippen LogP contribution in [-0.2, 0) is 14.4 Å². The number of nitrogens with zero attached hydrogens (tertiary/aromatic N) is 2. The van der Waals surface area contributed by atoms with Crippen molar-refractivity contribution in [1.29, 1.82) is 0 Å². The van der Waals surface area contributed by atoms with Crippen molar-refractivity contribution in [3.63, 3.8) is 0 Å². The van der Waals surface area contributed by atoms with E-state index >= 15 is 0 Å². The van der Waals surface area contributed by atoms with Gasteiger partial charge in [0.2, 0.25) is 17.7 Å². The van der Waals surface area contributed by atoms with Crippen LogP contribution in [0.15, 0.2) is 42.5 Å². The Morgan fingerprint density at radius 2 is 1.70 bits per heavy atom. The Bertz CT molecular complexity index is 1100. The molecule has 2 N–H and O–H groups in total. The van der Waals surface area contributed by atoms with Crippen molar-refractivity contribution in [1.82, 2.24) is 15.1 Å². The Labute approximate surface area is 192 Å². The molecule has 0 spiro atoms. The van der Waals surface area contributed by atoms with Crippen LogP contribution in [0.25, 0.3) is 0 Å². The van der Waals surface area contributed by atoms with E-state index in [2.05, 4.69) is 10.6 Å². The van der Waals surface area contributed by atoms with Gasteiger partial charge in [0.05, 0.1) is 13.1 Å². The monoisotopic (exact) mass is 448 g/mol. The zero-order valence-corrected chi connectivity index (χ0v) is 19.1. The van der Waals surface area contributed by atoms with Crippen LogP contribution in [-0.4, -0.2) is 59.6 Å². The minimum atomic E-state index is -0.730. The Hall–Kier alpha value is -3.68. The molecule has 33 heavy (non-hydrogen) atoms. The molecule has 4 amide bonds. The molecule has 0 saturated heterocycles. The predicted octanol–water partition coefficient (Wildman–Crippen LogP) is 2.18. The lowest BCUT2D eigenvalue weighted by molar-refractivity contribution is -0.135. The molecule has 2 aliphatic rings. The lowest BCUT2D eigenvalue weighted by Crippen LogP contribution is -2.45. The Morgan fingerprint density at radius 1 is 1.03 bits per heavy atom. The average molecular weight is 449 g/mol. The van der Waals surface area contributed by atoms with Gasteiger partial charge in [-0.3, -0.25) is 19.2 Å². The molecule has 1 aliphatic carbocycles. The lowest BCUT2D eigenvalue weighted by Gasteiger charge is -2.25. The molecule has 4 rings (SSSR count). The first-order valence-electron chi connectivity index (χ1n) is 11.1. The molecule has 2 aromatic carbocycles. The topological polar surface area (TPSA) is 98.8 Å². The molecule has 1 unspecified atom stereocenters. The van der Waals surface area contributed by atoms with Gasteiger partial charge in [0.25, 0.3) is 5.91 Å². The number of aryl methyl sites for hydroxylation is 2.